The molecule has 1 amide bonds. The van der Waals surface area contributed by atoms with Gasteiger partial charge in [-0.05, 0) is 37.6 Å². The zero-order valence-electron chi connectivity index (χ0n) is 14.2. The van der Waals surface area contributed by atoms with Gasteiger partial charge >= 0.3 is 0 Å². The van der Waals surface area contributed by atoms with Crippen molar-refractivity contribution in [2.45, 2.75) is 25.3 Å². The molecule has 1 aromatic heterocycles. The van der Waals surface area contributed by atoms with E-state index in [1.54, 1.807) is 4.90 Å². The molecule has 1 aromatic carbocycles. The molecule has 2 rings (SSSR count). The fourth-order valence-electron chi connectivity index (χ4n) is 2.42. The summed E-state index contributed by atoms with van der Waals surface area (Å²) in [5.41, 5.74) is 2.94. The van der Waals surface area contributed by atoms with Crippen LogP contribution in [0.1, 0.15) is 23.2 Å². The maximum atomic E-state index is 12.7. The predicted octanol–water partition coefficient (Wildman–Crippen LogP) is 3.61. The molecule has 0 aliphatic rings. The topological polar surface area (TPSA) is 80.8 Å². The van der Waals surface area contributed by atoms with Gasteiger partial charge < -0.3 is 4.90 Å². The van der Waals surface area contributed by atoms with E-state index in [-0.39, 0.29) is 18.1 Å². The Hall–Kier alpha value is -2.83. The lowest BCUT2D eigenvalue weighted by atomic mass is 10.1. The standard InChI is InChI=1S/C19H18N4OS/c1-14-11-15(2)22-19(17(14)12-21)25-13-18(24)23(10-6-9-20)16-7-4-3-5-8-16/h3-5,7-8,11H,6,10,13H2,1-2H3. The van der Waals surface area contributed by atoms with E-state index >= 15 is 0 Å². The van der Waals surface area contributed by atoms with Gasteiger partial charge in [0.25, 0.3) is 0 Å². The summed E-state index contributed by atoms with van der Waals surface area (Å²) in [6.07, 6.45) is 0.260. The Labute approximate surface area is 151 Å². The van der Waals surface area contributed by atoms with Crippen LogP contribution < -0.4 is 4.90 Å². The Balaban J connectivity index is 2.17. The zero-order chi connectivity index (χ0) is 18.2. The third kappa shape index (κ3) is 4.82. The number of hydrogen-bond donors (Lipinski definition) is 0. The highest BCUT2D eigenvalue weighted by atomic mass is 32.2. The van der Waals surface area contributed by atoms with Crippen molar-refractivity contribution in [2.24, 2.45) is 0 Å². The lowest BCUT2D eigenvalue weighted by Gasteiger charge is -2.21. The van der Waals surface area contributed by atoms with Crippen LogP contribution in [-0.2, 0) is 4.79 Å². The highest BCUT2D eigenvalue weighted by Gasteiger charge is 2.17. The van der Waals surface area contributed by atoms with Crippen molar-refractivity contribution >= 4 is 23.4 Å². The quantitative estimate of drug-likeness (QED) is 0.743. The van der Waals surface area contributed by atoms with Gasteiger partial charge in [-0.2, -0.15) is 10.5 Å². The number of nitriles is 2. The molecule has 0 radical (unpaired) electrons. The highest BCUT2D eigenvalue weighted by Crippen LogP contribution is 2.25. The van der Waals surface area contributed by atoms with Gasteiger partial charge in [0, 0.05) is 17.9 Å². The van der Waals surface area contributed by atoms with Crippen LogP contribution in [-0.4, -0.2) is 23.2 Å². The minimum Gasteiger partial charge on any atom is -0.311 e. The molecule has 6 heteroatoms. The van der Waals surface area contributed by atoms with Crippen LogP contribution in [0.3, 0.4) is 0 Å². The minimum absolute atomic E-state index is 0.115. The zero-order valence-corrected chi connectivity index (χ0v) is 15.0. The van der Waals surface area contributed by atoms with Crippen molar-refractivity contribution in [1.29, 1.82) is 10.5 Å². The maximum absolute atomic E-state index is 12.7. The summed E-state index contributed by atoms with van der Waals surface area (Å²) in [6.45, 7) is 4.07. The number of benzene rings is 1. The number of rotatable bonds is 6. The van der Waals surface area contributed by atoms with Crippen molar-refractivity contribution in [2.75, 3.05) is 17.2 Å². The molecule has 0 atom stereocenters. The van der Waals surface area contributed by atoms with Crippen LogP contribution in [0.2, 0.25) is 0 Å². The van der Waals surface area contributed by atoms with Gasteiger partial charge in [-0.1, -0.05) is 30.0 Å². The van der Waals surface area contributed by atoms with Crippen molar-refractivity contribution in [3.63, 3.8) is 0 Å². The van der Waals surface area contributed by atoms with E-state index in [2.05, 4.69) is 17.1 Å². The van der Waals surface area contributed by atoms with Crippen LogP contribution in [0.4, 0.5) is 5.69 Å². The van der Waals surface area contributed by atoms with Gasteiger partial charge in [0.05, 0.1) is 23.8 Å². The molecule has 0 saturated heterocycles. The second kappa shape index (κ2) is 8.86. The number of hydrogen-bond acceptors (Lipinski definition) is 5. The number of anilines is 1. The lowest BCUT2D eigenvalue weighted by Crippen LogP contribution is -2.33. The fraction of sp³-hybridized carbons (Fsp3) is 0.263. The average molecular weight is 350 g/mol. The summed E-state index contributed by atoms with van der Waals surface area (Å²) in [5.74, 6) is 0.0431. The molecule has 0 unspecified atom stereocenters. The van der Waals surface area contributed by atoms with E-state index in [0.29, 0.717) is 17.1 Å². The Morgan fingerprint density at radius 2 is 1.96 bits per heavy atom. The van der Waals surface area contributed by atoms with Crippen molar-refractivity contribution < 1.29 is 4.79 Å². The molecule has 0 bridgehead atoms. The minimum atomic E-state index is -0.115. The van der Waals surface area contributed by atoms with Crippen molar-refractivity contribution in [3.05, 3.63) is 53.2 Å². The molecule has 0 N–H and O–H groups in total. The molecule has 0 spiro atoms. The SMILES string of the molecule is Cc1cc(C)c(C#N)c(SCC(=O)N(CCC#N)c2ccccc2)n1. The highest BCUT2D eigenvalue weighted by molar-refractivity contribution is 8.00. The van der Waals surface area contributed by atoms with Gasteiger partial charge in [0.1, 0.15) is 11.1 Å². The number of pyridine rings is 1. The van der Waals surface area contributed by atoms with Gasteiger partial charge in [-0.25, -0.2) is 4.98 Å². The van der Waals surface area contributed by atoms with Gasteiger partial charge in [0.15, 0.2) is 0 Å². The Kier molecular flexibility index (Phi) is 6.56. The number of para-hydroxylation sites is 1. The number of thioether (sulfide) groups is 1. The summed E-state index contributed by atoms with van der Waals surface area (Å²) in [4.78, 5) is 18.7. The molecular formula is C19H18N4OS. The molecular weight excluding hydrogens is 332 g/mol. The normalized spacial score (nSPS) is 9.92. The number of carbonyl (C=O) groups excluding carboxylic acids is 1. The molecule has 5 nitrogen and oxygen atoms in total. The molecule has 0 fully saturated rings. The number of carbonyl (C=O) groups is 1. The Morgan fingerprint density at radius 3 is 2.60 bits per heavy atom. The van der Waals surface area contributed by atoms with Crippen LogP contribution in [0.25, 0.3) is 0 Å². The molecule has 0 aliphatic heterocycles. The van der Waals surface area contributed by atoms with Crippen molar-refractivity contribution in [1.82, 2.24) is 4.98 Å². The molecule has 0 saturated carbocycles. The monoisotopic (exact) mass is 350 g/mol. The first kappa shape index (κ1) is 18.5. The lowest BCUT2D eigenvalue weighted by molar-refractivity contribution is -0.116. The number of amides is 1. The second-order valence-electron chi connectivity index (χ2n) is 5.45. The van der Waals surface area contributed by atoms with Crippen LogP contribution in [0, 0.1) is 36.5 Å². The molecule has 126 valence electrons. The van der Waals surface area contributed by atoms with Gasteiger partial charge in [-0.15, -0.1) is 0 Å². The Bertz CT molecular complexity index is 837. The van der Waals surface area contributed by atoms with E-state index in [0.717, 1.165) is 16.9 Å². The van der Waals surface area contributed by atoms with E-state index < -0.39 is 0 Å². The summed E-state index contributed by atoms with van der Waals surface area (Å²) in [5, 5.41) is 18.7. The summed E-state index contributed by atoms with van der Waals surface area (Å²) < 4.78 is 0. The first-order valence-electron chi connectivity index (χ1n) is 7.80. The average Bonchev–Trinajstić information content (AvgIpc) is 2.60. The molecule has 1 heterocycles. The van der Waals surface area contributed by atoms with Crippen LogP contribution in [0.15, 0.2) is 41.4 Å². The van der Waals surface area contributed by atoms with Gasteiger partial charge in [-0.3, -0.25) is 4.79 Å². The molecule has 25 heavy (non-hydrogen) atoms. The largest absolute Gasteiger partial charge is 0.311 e. The smallest absolute Gasteiger partial charge is 0.237 e. The molecule has 2 aromatic rings. The summed E-state index contributed by atoms with van der Waals surface area (Å²) in [6, 6.07) is 15.4. The van der Waals surface area contributed by atoms with E-state index in [1.165, 1.54) is 11.8 Å². The first-order chi connectivity index (χ1) is 12.1. The van der Waals surface area contributed by atoms with E-state index in [4.69, 9.17) is 5.26 Å². The number of aryl methyl sites for hydroxylation is 2. The molecule has 0 aliphatic carbocycles. The third-order valence-electron chi connectivity index (χ3n) is 3.57. The van der Waals surface area contributed by atoms with Crippen LogP contribution >= 0.6 is 11.8 Å². The van der Waals surface area contributed by atoms with E-state index in [1.807, 2.05) is 50.2 Å². The number of aromatic nitrogens is 1. The third-order valence-corrected chi connectivity index (χ3v) is 4.53. The second-order valence-corrected chi connectivity index (χ2v) is 6.41. The Morgan fingerprint density at radius 1 is 1.24 bits per heavy atom. The van der Waals surface area contributed by atoms with Crippen LogP contribution in [0.5, 0.6) is 0 Å². The summed E-state index contributed by atoms with van der Waals surface area (Å²) >= 11 is 1.26. The van der Waals surface area contributed by atoms with E-state index in [9.17, 15) is 10.1 Å². The number of nitrogens with zero attached hydrogens (tertiary/aromatic N) is 4. The maximum Gasteiger partial charge on any atom is 0.237 e. The summed E-state index contributed by atoms with van der Waals surface area (Å²) in [7, 11) is 0. The van der Waals surface area contributed by atoms with Crippen molar-refractivity contribution in [3.8, 4) is 12.1 Å². The fourth-order valence-corrected chi connectivity index (χ4v) is 3.39. The first-order valence-corrected chi connectivity index (χ1v) is 8.79. The predicted molar refractivity (Wildman–Crippen MR) is 98.2 cm³/mol. The van der Waals surface area contributed by atoms with Gasteiger partial charge in [0.2, 0.25) is 5.91 Å².